The molecule has 4 nitrogen and oxygen atoms in total. The van der Waals surface area contributed by atoms with Crippen LogP contribution in [0.2, 0.25) is 0 Å². The van der Waals surface area contributed by atoms with Gasteiger partial charge < -0.3 is 4.74 Å². The van der Waals surface area contributed by atoms with Gasteiger partial charge in [0.05, 0.1) is 28.3 Å². The summed E-state index contributed by atoms with van der Waals surface area (Å²) < 4.78 is 5.80. The molecule has 128 valence electrons. The molecular weight excluding hydrogens is 367 g/mol. The van der Waals surface area contributed by atoms with Crippen molar-refractivity contribution >= 4 is 55.8 Å². The Bertz CT molecular complexity index is 755. The highest BCUT2D eigenvalue weighted by molar-refractivity contribution is 7.22. The van der Waals surface area contributed by atoms with Crippen LogP contribution in [-0.2, 0) is 9.53 Å². The van der Waals surface area contributed by atoms with Crippen molar-refractivity contribution in [3.05, 3.63) is 24.3 Å². The number of halogens is 2. The number of nitrogens with zero attached hydrogens (tertiary/aromatic N) is 2. The van der Waals surface area contributed by atoms with Crippen LogP contribution < -0.4 is 4.90 Å². The number of aromatic nitrogens is 1. The lowest BCUT2D eigenvalue weighted by Gasteiger charge is -2.26. The minimum Gasteiger partial charge on any atom is -0.376 e. The monoisotopic (exact) mass is 384 g/mol. The Morgan fingerprint density at radius 1 is 1.46 bits per heavy atom. The third-order valence-corrected chi connectivity index (χ3v) is 7.06. The van der Waals surface area contributed by atoms with Crippen molar-refractivity contribution in [2.45, 2.75) is 36.6 Å². The quantitative estimate of drug-likeness (QED) is 0.733. The second-order valence-corrected chi connectivity index (χ2v) is 9.22. The van der Waals surface area contributed by atoms with Crippen molar-refractivity contribution in [1.29, 1.82) is 0 Å². The number of alkyl halides is 2. The van der Waals surface area contributed by atoms with Crippen LogP contribution in [0.4, 0.5) is 5.13 Å². The number of ether oxygens (including phenoxy) is 1. The van der Waals surface area contributed by atoms with Crippen molar-refractivity contribution in [3.8, 4) is 0 Å². The van der Waals surface area contributed by atoms with E-state index in [2.05, 4.69) is 4.98 Å². The zero-order valence-electron chi connectivity index (χ0n) is 13.3. The van der Waals surface area contributed by atoms with Gasteiger partial charge in [0.1, 0.15) is 4.33 Å². The summed E-state index contributed by atoms with van der Waals surface area (Å²) >= 11 is 14.0. The van der Waals surface area contributed by atoms with E-state index in [9.17, 15) is 4.79 Å². The van der Waals surface area contributed by atoms with Crippen LogP contribution in [0.25, 0.3) is 10.2 Å². The predicted octanol–water partition coefficient (Wildman–Crippen LogP) is 4.39. The summed E-state index contributed by atoms with van der Waals surface area (Å²) in [4.78, 5) is 19.6. The molecule has 1 aliphatic carbocycles. The van der Waals surface area contributed by atoms with E-state index < -0.39 is 9.75 Å². The Morgan fingerprint density at radius 3 is 2.83 bits per heavy atom. The Hall–Kier alpha value is -0.880. The van der Waals surface area contributed by atoms with E-state index in [0.717, 1.165) is 29.7 Å². The van der Waals surface area contributed by atoms with E-state index in [4.69, 9.17) is 27.9 Å². The number of hydrogen-bond donors (Lipinski definition) is 0. The highest BCUT2D eigenvalue weighted by Crippen LogP contribution is 2.64. The molecule has 1 amide bonds. The van der Waals surface area contributed by atoms with Gasteiger partial charge >= 0.3 is 0 Å². The van der Waals surface area contributed by atoms with Crippen molar-refractivity contribution in [3.63, 3.8) is 0 Å². The van der Waals surface area contributed by atoms with E-state index in [1.54, 1.807) is 4.90 Å². The fourth-order valence-electron chi connectivity index (χ4n) is 3.15. The van der Waals surface area contributed by atoms with Crippen LogP contribution in [-0.4, -0.2) is 34.5 Å². The first kappa shape index (κ1) is 16.6. The number of amides is 1. The third kappa shape index (κ3) is 2.71. The molecule has 24 heavy (non-hydrogen) atoms. The number of thiazole rings is 1. The molecule has 0 radical (unpaired) electrons. The summed E-state index contributed by atoms with van der Waals surface area (Å²) in [6, 6.07) is 7.89. The molecule has 1 saturated heterocycles. The lowest BCUT2D eigenvalue weighted by molar-refractivity contribution is -0.123. The Balaban J connectivity index is 1.68. The summed E-state index contributed by atoms with van der Waals surface area (Å²) in [7, 11) is 0. The molecule has 2 atom stereocenters. The molecule has 1 aliphatic heterocycles. The highest BCUT2D eigenvalue weighted by Gasteiger charge is 2.69. The van der Waals surface area contributed by atoms with Gasteiger partial charge in [-0.2, -0.15) is 0 Å². The van der Waals surface area contributed by atoms with Crippen LogP contribution in [0, 0.1) is 5.41 Å². The molecule has 1 saturated carbocycles. The van der Waals surface area contributed by atoms with Gasteiger partial charge in [0, 0.05) is 6.61 Å². The van der Waals surface area contributed by atoms with Gasteiger partial charge in [-0.3, -0.25) is 9.69 Å². The predicted molar refractivity (Wildman–Crippen MR) is 98.1 cm³/mol. The third-order valence-electron chi connectivity index (χ3n) is 4.90. The van der Waals surface area contributed by atoms with E-state index in [1.807, 2.05) is 31.2 Å². The number of rotatable bonds is 4. The molecule has 0 unspecified atom stereocenters. The first-order valence-corrected chi connectivity index (χ1v) is 9.65. The van der Waals surface area contributed by atoms with Crippen LogP contribution in [0.1, 0.15) is 26.2 Å². The lowest BCUT2D eigenvalue weighted by Crippen LogP contribution is -2.42. The van der Waals surface area contributed by atoms with E-state index in [1.165, 1.54) is 11.3 Å². The summed E-state index contributed by atoms with van der Waals surface area (Å²) in [6.45, 7) is 3.07. The number of carbonyl (C=O) groups excluding carboxylic acids is 1. The van der Waals surface area contributed by atoms with Gasteiger partial charge in [-0.05, 0) is 38.3 Å². The van der Waals surface area contributed by atoms with E-state index >= 15 is 0 Å². The largest absolute Gasteiger partial charge is 0.376 e. The summed E-state index contributed by atoms with van der Waals surface area (Å²) in [5, 5.41) is 0.689. The van der Waals surface area contributed by atoms with Crippen molar-refractivity contribution in [1.82, 2.24) is 4.98 Å². The fraction of sp³-hybridized carbons (Fsp3) is 0.529. The highest BCUT2D eigenvalue weighted by atomic mass is 35.5. The van der Waals surface area contributed by atoms with Crippen molar-refractivity contribution < 1.29 is 9.53 Å². The van der Waals surface area contributed by atoms with Crippen LogP contribution in [0.15, 0.2) is 24.3 Å². The van der Waals surface area contributed by atoms with Gasteiger partial charge in [0.15, 0.2) is 5.13 Å². The van der Waals surface area contributed by atoms with Crippen molar-refractivity contribution in [2.75, 3.05) is 18.1 Å². The molecule has 7 heteroatoms. The number of anilines is 1. The molecule has 2 aliphatic rings. The van der Waals surface area contributed by atoms with Crippen LogP contribution >= 0.6 is 34.5 Å². The summed E-state index contributed by atoms with van der Waals surface area (Å²) in [5.74, 6) is -0.0675. The normalized spacial score (nSPS) is 28.2. The maximum absolute atomic E-state index is 13.2. The summed E-state index contributed by atoms with van der Waals surface area (Å²) in [5.41, 5.74) is 0.138. The zero-order valence-corrected chi connectivity index (χ0v) is 15.6. The molecular formula is C17H18Cl2N2O2S. The molecule has 4 rings (SSSR count). The average Bonchev–Trinajstić information content (AvgIpc) is 3.02. The minimum absolute atomic E-state index is 0.0448. The standard InChI is InChI=1S/C17H18Cl2N2O2S/c1-16(10-17(16,18)19)14(22)21(9-11-5-4-8-23-11)15-20-12-6-2-3-7-13(12)24-15/h2-3,6-7,11H,4-5,8-10H2,1H3/t11-,16+/m1/s1. The Labute approximate surface area is 154 Å². The van der Waals surface area contributed by atoms with Gasteiger partial charge in [0.25, 0.3) is 0 Å². The first-order valence-electron chi connectivity index (χ1n) is 8.08. The van der Waals surface area contributed by atoms with Crippen LogP contribution in [0.3, 0.4) is 0 Å². The molecule has 2 fully saturated rings. The maximum Gasteiger partial charge on any atom is 0.237 e. The lowest BCUT2D eigenvalue weighted by atomic mass is 10.1. The van der Waals surface area contributed by atoms with Crippen molar-refractivity contribution in [2.24, 2.45) is 5.41 Å². The number of para-hydroxylation sites is 1. The summed E-state index contributed by atoms with van der Waals surface area (Å²) in [6.07, 6.45) is 2.50. The molecule has 2 heterocycles. The number of carbonyl (C=O) groups is 1. The smallest absolute Gasteiger partial charge is 0.237 e. The molecule has 0 spiro atoms. The molecule has 1 aromatic carbocycles. The fourth-order valence-corrected chi connectivity index (χ4v) is 4.81. The minimum atomic E-state index is -0.991. The number of benzene rings is 1. The molecule has 2 aromatic rings. The second-order valence-electron chi connectivity index (χ2n) is 6.73. The van der Waals surface area contributed by atoms with Gasteiger partial charge in [0.2, 0.25) is 5.91 Å². The number of hydrogen-bond acceptors (Lipinski definition) is 4. The van der Waals surface area contributed by atoms with E-state index in [-0.39, 0.29) is 12.0 Å². The topological polar surface area (TPSA) is 42.4 Å². The molecule has 1 aromatic heterocycles. The molecule has 0 N–H and O–H groups in total. The Morgan fingerprint density at radius 2 is 2.21 bits per heavy atom. The number of fused-ring (bicyclic) bond motifs is 1. The van der Waals surface area contributed by atoms with Gasteiger partial charge in [-0.25, -0.2) is 4.98 Å². The first-order chi connectivity index (χ1) is 11.4. The average molecular weight is 385 g/mol. The zero-order chi connectivity index (χ0) is 16.9. The second kappa shape index (κ2) is 5.84. The molecule has 0 bridgehead atoms. The SMILES string of the molecule is C[C@@]1(C(=O)N(C[C@H]2CCCO2)c2nc3ccccc3s2)CC1(Cl)Cl. The maximum atomic E-state index is 13.2. The van der Waals surface area contributed by atoms with E-state index in [0.29, 0.717) is 18.1 Å². The Kier molecular flexibility index (Phi) is 4.03. The van der Waals surface area contributed by atoms with Gasteiger partial charge in [-0.1, -0.05) is 23.5 Å². The van der Waals surface area contributed by atoms with Gasteiger partial charge in [-0.15, -0.1) is 23.2 Å². The van der Waals surface area contributed by atoms with Crippen LogP contribution in [0.5, 0.6) is 0 Å².